The number of aryl methyl sites for hydroxylation is 1. The second-order valence-electron chi connectivity index (χ2n) is 4.74. The molecule has 1 aliphatic heterocycles. The first-order valence-electron chi connectivity index (χ1n) is 6.47. The van der Waals surface area contributed by atoms with Gasteiger partial charge in [0.2, 0.25) is 0 Å². The molecule has 2 nitrogen and oxygen atoms in total. The van der Waals surface area contributed by atoms with Gasteiger partial charge in [-0.15, -0.1) is 11.8 Å². The Hall–Kier alpha value is -0.670. The molecule has 3 heteroatoms. The molecule has 0 unspecified atom stereocenters. The van der Waals surface area contributed by atoms with Crippen LogP contribution in [0.25, 0.3) is 0 Å². The van der Waals surface area contributed by atoms with Crippen LogP contribution in [0.1, 0.15) is 24.8 Å². The second-order valence-corrected chi connectivity index (χ2v) is 5.87. The van der Waals surface area contributed by atoms with Crippen molar-refractivity contribution < 1.29 is 0 Å². The predicted molar refractivity (Wildman–Crippen MR) is 76.6 cm³/mol. The minimum atomic E-state index is 0.955. The molecule has 1 aromatic carbocycles. The lowest BCUT2D eigenvalue weighted by Gasteiger charge is -2.26. The Kier molecular flexibility index (Phi) is 4.75. The lowest BCUT2D eigenvalue weighted by molar-refractivity contribution is 0.242. The van der Waals surface area contributed by atoms with Crippen molar-refractivity contribution in [2.45, 2.75) is 31.1 Å². The molecule has 2 rings (SSSR count). The summed E-state index contributed by atoms with van der Waals surface area (Å²) in [5.41, 5.74) is 8.21. The van der Waals surface area contributed by atoms with Crippen LogP contribution in [0, 0.1) is 6.92 Å². The molecule has 2 N–H and O–H groups in total. The number of hydrogen-bond donors (Lipinski definition) is 1. The summed E-state index contributed by atoms with van der Waals surface area (Å²) in [4.78, 5) is 3.81. The average molecular weight is 250 g/mol. The maximum absolute atomic E-state index is 6.07. The number of para-hydroxylation sites is 1. The Morgan fingerprint density at radius 1 is 1.24 bits per heavy atom. The highest BCUT2D eigenvalue weighted by molar-refractivity contribution is 7.99. The second kappa shape index (κ2) is 6.31. The molecule has 1 aliphatic rings. The Bertz CT molecular complexity index is 359. The van der Waals surface area contributed by atoms with E-state index in [0.29, 0.717) is 0 Å². The van der Waals surface area contributed by atoms with Crippen LogP contribution in [0.4, 0.5) is 5.69 Å². The van der Waals surface area contributed by atoms with Gasteiger partial charge in [0.15, 0.2) is 0 Å². The largest absolute Gasteiger partial charge is 0.398 e. The minimum absolute atomic E-state index is 0.955. The van der Waals surface area contributed by atoms with Crippen molar-refractivity contribution in [1.82, 2.24) is 4.90 Å². The third kappa shape index (κ3) is 3.65. The minimum Gasteiger partial charge on any atom is -0.398 e. The lowest BCUT2D eigenvalue weighted by Crippen LogP contribution is -2.31. The molecule has 0 amide bonds. The molecule has 1 heterocycles. The van der Waals surface area contributed by atoms with E-state index >= 15 is 0 Å². The summed E-state index contributed by atoms with van der Waals surface area (Å²) in [6.07, 6.45) is 4.16. The molecule has 1 aromatic rings. The Labute approximate surface area is 109 Å². The number of benzene rings is 1. The van der Waals surface area contributed by atoms with Crippen LogP contribution in [-0.4, -0.2) is 30.3 Å². The topological polar surface area (TPSA) is 29.3 Å². The Balaban J connectivity index is 1.79. The van der Waals surface area contributed by atoms with Crippen LogP contribution in [0.15, 0.2) is 23.1 Å². The van der Waals surface area contributed by atoms with Gasteiger partial charge in [0.1, 0.15) is 0 Å². The summed E-state index contributed by atoms with van der Waals surface area (Å²) in [5.74, 6) is 1.15. The van der Waals surface area contributed by atoms with E-state index in [1.807, 2.05) is 11.8 Å². The highest BCUT2D eigenvalue weighted by Gasteiger charge is 2.10. The van der Waals surface area contributed by atoms with Crippen molar-refractivity contribution in [3.63, 3.8) is 0 Å². The van der Waals surface area contributed by atoms with Gasteiger partial charge in [-0.1, -0.05) is 18.6 Å². The van der Waals surface area contributed by atoms with Gasteiger partial charge in [0, 0.05) is 22.9 Å². The molecule has 1 saturated heterocycles. The fraction of sp³-hybridized carbons (Fsp3) is 0.571. The van der Waals surface area contributed by atoms with Gasteiger partial charge in [-0.3, -0.25) is 0 Å². The standard InChI is InChI=1S/C14H22N2S/c1-12-6-5-7-13(14(12)15)17-11-10-16-8-3-2-4-9-16/h5-7H,2-4,8-11,15H2,1H3. The van der Waals surface area contributed by atoms with E-state index in [1.54, 1.807) is 0 Å². The van der Waals surface area contributed by atoms with Crippen LogP contribution in [-0.2, 0) is 0 Å². The summed E-state index contributed by atoms with van der Waals surface area (Å²) >= 11 is 1.89. The van der Waals surface area contributed by atoms with Crippen molar-refractivity contribution in [1.29, 1.82) is 0 Å². The molecule has 0 atom stereocenters. The number of anilines is 1. The van der Waals surface area contributed by atoms with Gasteiger partial charge in [-0.05, 0) is 44.5 Å². The fourth-order valence-electron chi connectivity index (χ4n) is 2.25. The van der Waals surface area contributed by atoms with Gasteiger partial charge in [0.25, 0.3) is 0 Å². The predicted octanol–water partition coefficient (Wildman–Crippen LogP) is 3.16. The number of nitrogen functional groups attached to an aromatic ring is 1. The molecule has 0 aliphatic carbocycles. The van der Waals surface area contributed by atoms with Crippen LogP contribution in [0.3, 0.4) is 0 Å². The summed E-state index contributed by atoms with van der Waals surface area (Å²) in [5, 5.41) is 0. The molecule has 0 bridgehead atoms. The first kappa shape index (κ1) is 12.8. The van der Waals surface area contributed by atoms with E-state index in [4.69, 9.17) is 5.73 Å². The van der Waals surface area contributed by atoms with E-state index in [2.05, 4.69) is 30.0 Å². The molecular formula is C14H22N2S. The normalized spacial score (nSPS) is 17.2. The van der Waals surface area contributed by atoms with Gasteiger partial charge < -0.3 is 10.6 Å². The third-order valence-corrected chi connectivity index (χ3v) is 4.45. The molecule has 17 heavy (non-hydrogen) atoms. The van der Waals surface area contributed by atoms with Gasteiger partial charge >= 0.3 is 0 Å². The van der Waals surface area contributed by atoms with Crippen molar-refractivity contribution in [3.05, 3.63) is 23.8 Å². The molecule has 94 valence electrons. The monoisotopic (exact) mass is 250 g/mol. The molecule has 1 fully saturated rings. The summed E-state index contributed by atoms with van der Waals surface area (Å²) in [6.45, 7) is 5.83. The van der Waals surface area contributed by atoms with E-state index in [0.717, 1.165) is 11.4 Å². The maximum Gasteiger partial charge on any atom is 0.0481 e. The van der Waals surface area contributed by atoms with Crippen molar-refractivity contribution in [2.75, 3.05) is 31.1 Å². The molecule has 0 spiro atoms. The van der Waals surface area contributed by atoms with E-state index in [-0.39, 0.29) is 0 Å². The SMILES string of the molecule is Cc1cccc(SCCN2CCCCC2)c1N. The molecule has 0 aromatic heterocycles. The lowest BCUT2D eigenvalue weighted by atomic mass is 10.1. The smallest absolute Gasteiger partial charge is 0.0481 e. The number of hydrogen-bond acceptors (Lipinski definition) is 3. The fourth-order valence-corrected chi connectivity index (χ4v) is 3.31. The molecule has 0 radical (unpaired) electrons. The van der Waals surface area contributed by atoms with Crippen molar-refractivity contribution in [2.24, 2.45) is 0 Å². The summed E-state index contributed by atoms with van der Waals surface area (Å²) < 4.78 is 0. The number of nitrogens with zero attached hydrogens (tertiary/aromatic N) is 1. The zero-order valence-electron chi connectivity index (χ0n) is 10.6. The van der Waals surface area contributed by atoms with Crippen LogP contribution < -0.4 is 5.73 Å². The number of likely N-dealkylation sites (tertiary alicyclic amines) is 1. The van der Waals surface area contributed by atoms with E-state index in [9.17, 15) is 0 Å². The van der Waals surface area contributed by atoms with E-state index in [1.165, 1.54) is 49.4 Å². The first-order chi connectivity index (χ1) is 8.27. The number of piperidine rings is 1. The third-order valence-electron chi connectivity index (χ3n) is 3.40. The van der Waals surface area contributed by atoms with E-state index < -0.39 is 0 Å². The van der Waals surface area contributed by atoms with Gasteiger partial charge in [-0.25, -0.2) is 0 Å². The average Bonchev–Trinajstić information content (AvgIpc) is 2.36. The quantitative estimate of drug-likeness (QED) is 0.657. The Morgan fingerprint density at radius 3 is 2.76 bits per heavy atom. The highest BCUT2D eigenvalue weighted by atomic mass is 32.2. The summed E-state index contributed by atoms with van der Waals surface area (Å²) in [7, 11) is 0. The number of nitrogens with two attached hydrogens (primary N) is 1. The molecule has 0 saturated carbocycles. The zero-order valence-corrected chi connectivity index (χ0v) is 11.4. The van der Waals surface area contributed by atoms with Gasteiger partial charge in [-0.2, -0.15) is 0 Å². The van der Waals surface area contributed by atoms with Crippen LogP contribution in [0.2, 0.25) is 0 Å². The van der Waals surface area contributed by atoms with Crippen LogP contribution in [0.5, 0.6) is 0 Å². The van der Waals surface area contributed by atoms with Crippen molar-refractivity contribution >= 4 is 17.4 Å². The van der Waals surface area contributed by atoms with Gasteiger partial charge in [0.05, 0.1) is 0 Å². The maximum atomic E-state index is 6.07. The van der Waals surface area contributed by atoms with Crippen molar-refractivity contribution in [3.8, 4) is 0 Å². The zero-order chi connectivity index (χ0) is 12.1. The number of rotatable bonds is 4. The summed E-state index contributed by atoms with van der Waals surface area (Å²) in [6, 6.07) is 6.29. The first-order valence-corrected chi connectivity index (χ1v) is 7.46. The Morgan fingerprint density at radius 2 is 2.00 bits per heavy atom. The van der Waals surface area contributed by atoms with Crippen LogP contribution >= 0.6 is 11.8 Å². The number of thioether (sulfide) groups is 1. The molecular weight excluding hydrogens is 228 g/mol. The highest BCUT2D eigenvalue weighted by Crippen LogP contribution is 2.27.